The van der Waals surface area contributed by atoms with Crippen LogP contribution in [0.15, 0.2) is 41.5 Å². The molecule has 0 aliphatic carbocycles. The van der Waals surface area contributed by atoms with Crippen LogP contribution >= 0.6 is 11.3 Å². The molecule has 29 heavy (non-hydrogen) atoms. The SMILES string of the molecule is CCNC(=NCCc1ncc(CC)s1)NC1CCN(C(C)c2ccccc2)CC1. The highest BCUT2D eigenvalue weighted by molar-refractivity contribution is 7.11. The van der Waals surface area contributed by atoms with Gasteiger partial charge in [0.2, 0.25) is 0 Å². The van der Waals surface area contributed by atoms with Crippen LogP contribution in [0.5, 0.6) is 0 Å². The van der Waals surface area contributed by atoms with E-state index in [4.69, 9.17) is 4.99 Å². The van der Waals surface area contributed by atoms with Crippen LogP contribution in [0.4, 0.5) is 0 Å². The Morgan fingerprint density at radius 2 is 2.00 bits per heavy atom. The molecule has 1 fully saturated rings. The molecule has 1 atom stereocenters. The second-order valence-corrected chi connectivity index (χ2v) is 8.83. The Balaban J connectivity index is 1.47. The van der Waals surface area contributed by atoms with E-state index in [2.05, 4.69) is 71.6 Å². The van der Waals surface area contributed by atoms with Gasteiger partial charge < -0.3 is 10.6 Å². The van der Waals surface area contributed by atoms with Gasteiger partial charge in [-0.1, -0.05) is 37.3 Å². The molecule has 0 bridgehead atoms. The monoisotopic (exact) mass is 413 g/mol. The Labute approximate surface area is 179 Å². The van der Waals surface area contributed by atoms with E-state index in [0.29, 0.717) is 12.1 Å². The minimum absolute atomic E-state index is 0.477. The Morgan fingerprint density at radius 1 is 1.24 bits per heavy atom. The van der Waals surface area contributed by atoms with Crippen molar-refractivity contribution in [1.29, 1.82) is 0 Å². The summed E-state index contributed by atoms with van der Waals surface area (Å²) in [5.74, 6) is 0.939. The van der Waals surface area contributed by atoms with E-state index in [1.54, 1.807) is 0 Å². The van der Waals surface area contributed by atoms with Gasteiger partial charge in [0.25, 0.3) is 0 Å². The fraction of sp³-hybridized carbons (Fsp3) is 0.565. The van der Waals surface area contributed by atoms with Gasteiger partial charge in [0.1, 0.15) is 0 Å². The maximum Gasteiger partial charge on any atom is 0.191 e. The van der Waals surface area contributed by atoms with Gasteiger partial charge in [0.15, 0.2) is 5.96 Å². The second-order valence-electron chi connectivity index (χ2n) is 7.63. The van der Waals surface area contributed by atoms with Gasteiger partial charge in [-0.3, -0.25) is 9.89 Å². The normalized spacial score (nSPS) is 17.3. The summed E-state index contributed by atoms with van der Waals surface area (Å²) in [5.41, 5.74) is 1.40. The number of guanidine groups is 1. The predicted octanol–water partition coefficient (Wildman–Crippen LogP) is 4.03. The average molecular weight is 414 g/mol. The summed E-state index contributed by atoms with van der Waals surface area (Å²) in [6.45, 7) is 10.5. The molecule has 2 aromatic rings. The largest absolute Gasteiger partial charge is 0.357 e. The Morgan fingerprint density at radius 3 is 2.66 bits per heavy atom. The van der Waals surface area contributed by atoms with Crippen LogP contribution in [0, 0.1) is 0 Å². The minimum atomic E-state index is 0.477. The van der Waals surface area contributed by atoms with Crippen LogP contribution in [0.2, 0.25) is 0 Å². The molecule has 0 saturated carbocycles. The third-order valence-electron chi connectivity index (χ3n) is 5.59. The van der Waals surface area contributed by atoms with Gasteiger partial charge in [-0.05, 0) is 38.7 Å². The van der Waals surface area contributed by atoms with Crippen LogP contribution in [0.1, 0.15) is 55.1 Å². The zero-order chi connectivity index (χ0) is 20.5. The average Bonchev–Trinajstić information content (AvgIpc) is 3.22. The first kappa shape index (κ1) is 21.8. The quantitative estimate of drug-likeness (QED) is 0.507. The van der Waals surface area contributed by atoms with Crippen LogP contribution in [0.3, 0.4) is 0 Å². The number of benzene rings is 1. The standard InChI is InChI=1S/C23H35N5S/c1-4-21-17-26-22(29-21)11-14-25-23(24-5-2)27-20-12-15-28(16-13-20)18(3)19-9-7-6-8-10-19/h6-10,17-18,20H,4-5,11-16H2,1-3H3,(H2,24,25,27). The summed E-state index contributed by atoms with van der Waals surface area (Å²) in [5, 5.41) is 8.24. The Kier molecular flexibility index (Phi) is 8.50. The first-order valence-corrected chi connectivity index (χ1v) is 11.8. The topological polar surface area (TPSA) is 52.6 Å². The summed E-state index contributed by atoms with van der Waals surface area (Å²) in [4.78, 5) is 13.2. The molecule has 0 radical (unpaired) electrons. The van der Waals surface area contributed by atoms with Gasteiger partial charge in [-0.2, -0.15) is 0 Å². The van der Waals surface area contributed by atoms with E-state index in [9.17, 15) is 0 Å². The highest BCUT2D eigenvalue weighted by atomic mass is 32.1. The molecule has 1 aromatic carbocycles. The molecule has 158 valence electrons. The molecule has 1 saturated heterocycles. The maximum atomic E-state index is 4.79. The fourth-order valence-corrected chi connectivity index (χ4v) is 4.63. The minimum Gasteiger partial charge on any atom is -0.357 e. The summed E-state index contributed by atoms with van der Waals surface area (Å²) in [6.07, 6.45) is 6.26. The smallest absolute Gasteiger partial charge is 0.191 e. The molecule has 0 spiro atoms. The molecule has 0 amide bonds. The van der Waals surface area contributed by atoms with Crippen LogP contribution in [-0.2, 0) is 12.8 Å². The van der Waals surface area contributed by atoms with Crippen molar-refractivity contribution >= 4 is 17.3 Å². The number of rotatable bonds is 8. The number of hydrogen-bond donors (Lipinski definition) is 2. The van der Waals surface area contributed by atoms with E-state index in [1.165, 1.54) is 15.4 Å². The number of hydrogen-bond acceptors (Lipinski definition) is 4. The van der Waals surface area contributed by atoms with Gasteiger partial charge in [0.05, 0.1) is 5.01 Å². The first-order chi connectivity index (χ1) is 14.2. The lowest BCUT2D eigenvalue weighted by atomic mass is 10.0. The van der Waals surface area contributed by atoms with Gasteiger partial charge in [-0.25, -0.2) is 4.98 Å². The summed E-state index contributed by atoms with van der Waals surface area (Å²) in [7, 11) is 0. The number of likely N-dealkylation sites (tertiary alicyclic amines) is 1. The number of aromatic nitrogens is 1. The van der Waals surface area contributed by atoms with E-state index in [1.807, 2.05) is 17.5 Å². The van der Waals surface area contributed by atoms with Crippen LogP contribution in [-0.4, -0.2) is 48.1 Å². The van der Waals surface area contributed by atoms with Gasteiger partial charge in [-0.15, -0.1) is 11.3 Å². The lowest BCUT2D eigenvalue weighted by Gasteiger charge is -2.37. The highest BCUT2D eigenvalue weighted by Crippen LogP contribution is 2.24. The maximum absolute atomic E-state index is 4.79. The number of nitrogens with one attached hydrogen (secondary N) is 2. The summed E-state index contributed by atoms with van der Waals surface area (Å²) < 4.78 is 0. The van der Waals surface area contributed by atoms with Crippen molar-refractivity contribution in [3.05, 3.63) is 52.0 Å². The molecule has 6 heteroatoms. The van der Waals surface area contributed by atoms with Crippen molar-refractivity contribution in [3.63, 3.8) is 0 Å². The van der Waals surface area contributed by atoms with Crippen molar-refractivity contribution in [2.24, 2.45) is 4.99 Å². The highest BCUT2D eigenvalue weighted by Gasteiger charge is 2.24. The van der Waals surface area contributed by atoms with Gasteiger partial charge in [0, 0.05) is 55.8 Å². The predicted molar refractivity (Wildman–Crippen MR) is 124 cm³/mol. The molecule has 1 unspecified atom stereocenters. The number of thiazole rings is 1. The summed E-state index contributed by atoms with van der Waals surface area (Å²) in [6, 6.07) is 11.8. The van der Waals surface area contributed by atoms with E-state index >= 15 is 0 Å². The zero-order valence-corrected chi connectivity index (χ0v) is 18.8. The van der Waals surface area contributed by atoms with E-state index in [0.717, 1.165) is 57.8 Å². The van der Waals surface area contributed by atoms with Gasteiger partial charge >= 0.3 is 0 Å². The van der Waals surface area contributed by atoms with Crippen molar-refractivity contribution in [1.82, 2.24) is 20.5 Å². The van der Waals surface area contributed by atoms with Crippen molar-refractivity contribution < 1.29 is 0 Å². The molecule has 1 aliphatic rings. The Hall–Kier alpha value is -1.92. The molecule has 2 heterocycles. The number of nitrogens with zero attached hydrogens (tertiary/aromatic N) is 3. The van der Waals surface area contributed by atoms with Crippen LogP contribution in [0.25, 0.3) is 0 Å². The second kappa shape index (κ2) is 11.3. The number of piperidine rings is 1. The first-order valence-electron chi connectivity index (χ1n) is 11.0. The van der Waals surface area contributed by atoms with E-state index < -0.39 is 0 Å². The van der Waals surface area contributed by atoms with Crippen LogP contribution < -0.4 is 10.6 Å². The van der Waals surface area contributed by atoms with Crippen molar-refractivity contribution in [3.8, 4) is 0 Å². The molecule has 5 nitrogen and oxygen atoms in total. The molecule has 2 N–H and O–H groups in total. The number of aryl methyl sites for hydroxylation is 1. The molecule has 1 aromatic heterocycles. The third-order valence-corrected chi connectivity index (χ3v) is 6.79. The molecule has 3 rings (SSSR count). The lowest BCUT2D eigenvalue weighted by molar-refractivity contribution is 0.158. The third kappa shape index (κ3) is 6.54. The summed E-state index contributed by atoms with van der Waals surface area (Å²) >= 11 is 1.81. The van der Waals surface area contributed by atoms with Crippen molar-refractivity contribution in [2.45, 2.75) is 58.5 Å². The molecular formula is C23H35N5S. The Bertz CT molecular complexity index is 750. The van der Waals surface area contributed by atoms with Crippen molar-refractivity contribution in [2.75, 3.05) is 26.2 Å². The fourth-order valence-electron chi connectivity index (χ4n) is 3.78. The zero-order valence-electron chi connectivity index (χ0n) is 18.0. The van der Waals surface area contributed by atoms with E-state index in [-0.39, 0.29) is 0 Å². The molecule has 1 aliphatic heterocycles. The number of aliphatic imine (C=N–C) groups is 1. The molecular weight excluding hydrogens is 378 g/mol. The lowest BCUT2D eigenvalue weighted by Crippen LogP contribution is -2.49.